The van der Waals surface area contributed by atoms with Crippen molar-refractivity contribution in [1.29, 1.82) is 0 Å². The Bertz CT molecular complexity index is 724. The van der Waals surface area contributed by atoms with Crippen molar-refractivity contribution in [2.45, 2.75) is 63.5 Å². The number of urea groups is 1. The van der Waals surface area contributed by atoms with E-state index in [4.69, 9.17) is 16.3 Å². The Morgan fingerprint density at radius 2 is 2.07 bits per heavy atom. The molecule has 0 spiro atoms. The van der Waals surface area contributed by atoms with Gasteiger partial charge in [0.2, 0.25) is 0 Å². The predicted octanol–water partition coefficient (Wildman–Crippen LogP) is 4.07. The number of ether oxygens (including phenoxy) is 1. The van der Waals surface area contributed by atoms with Crippen molar-refractivity contribution < 1.29 is 14.3 Å². The highest BCUT2D eigenvalue weighted by atomic mass is 35.5. The standard InChI is InChI=1S/C21H30ClN3O3/c1-20(2,3)28-19(27)24-14-21(15-5-4-6-16(22)13-15)9-7-17(8-10-21)25-12-11-23-18(25)26/h4-6,13,17H,7-12,14H2,1-3H3,(H,23,26)(H,24,27)/t17-,21+. The molecular weight excluding hydrogens is 378 g/mol. The Kier molecular flexibility index (Phi) is 6.08. The van der Waals surface area contributed by atoms with Gasteiger partial charge in [-0.3, -0.25) is 0 Å². The molecule has 1 aliphatic heterocycles. The summed E-state index contributed by atoms with van der Waals surface area (Å²) in [6.45, 7) is 7.53. The lowest BCUT2D eigenvalue weighted by atomic mass is 9.68. The zero-order valence-electron chi connectivity index (χ0n) is 16.9. The van der Waals surface area contributed by atoms with E-state index >= 15 is 0 Å². The molecule has 1 saturated carbocycles. The summed E-state index contributed by atoms with van der Waals surface area (Å²) in [5.41, 5.74) is 0.378. The molecule has 2 fully saturated rings. The highest BCUT2D eigenvalue weighted by Crippen LogP contribution is 2.41. The first kappa shape index (κ1) is 20.8. The van der Waals surface area contributed by atoms with Crippen LogP contribution >= 0.6 is 11.6 Å². The van der Waals surface area contributed by atoms with E-state index in [1.165, 1.54) is 0 Å². The minimum Gasteiger partial charge on any atom is -0.444 e. The molecule has 3 rings (SSSR count). The van der Waals surface area contributed by atoms with Gasteiger partial charge < -0.3 is 20.3 Å². The van der Waals surface area contributed by atoms with Crippen molar-refractivity contribution in [3.8, 4) is 0 Å². The lowest BCUT2D eigenvalue weighted by Gasteiger charge is -2.43. The van der Waals surface area contributed by atoms with Crippen LogP contribution in [0.4, 0.5) is 9.59 Å². The molecule has 0 aromatic heterocycles. The third-order valence-corrected chi connectivity index (χ3v) is 5.88. The number of carbonyl (C=O) groups is 2. The number of carbonyl (C=O) groups excluding carboxylic acids is 2. The summed E-state index contributed by atoms with van der Waals surface area (Å²) < 4.78 is 5.41. The minimum atomic E-state index is -0.534. The molecule has 2 N–H and O–H groups in total. The quantitative estimate of drug-likeness (QED) is 0.790. The maximum absolute atomic E-state index is 12.2. The van der Waals surface area contributed by atoms with Crippen molar-refractivity contribution in [2.24, 2.45) is 0 Å². The summed E-state index contributed by atoms with van der Waals surface area (Å²) in [6, 6.07) is 8.16. The van der Waals surface area contributed by atoms with Crippen LogP contribution in [0.5, 0.6) is 0 Å². The van der Waals surface area contributed by atoms with Crippen LogP contribution in [0.25, 0.3) is 0 Å². The molecule has 0 radical (unpaired) electrons. The molecule has 0 bridgehead atoms. The van der Waals surface area contributed by atoms with E-state index < -0.39 is 11.7 Å². The van der Waals surface area contributed by atoms with Gasteiger partial charge >= 0.3 is 12.1 Å². The van der Waals surface area contributed by atoms with Gasteiger partial charge in [0.05, 0.1) is 0 Å². The number of rotatable bonds is 4. The Morgan fingerprint density at radius 1 is 1.36 bits per heavy atom. The van der Waals surface area contributed by atoms with Crippen LogP contribution in [-0.2, 0) is 10.2 Å². The largest absolute Gasteiger partial charge is 0.444 e. The molecule has 1 heterocycles. The number of benzene rings is 1. The second kappa shape index (κ2) is 8.19. The van der Waals surface area contributed by atoms with E-state index in [9.17, 15) is 9.59 Å². The van der Waals surface area contributed by atoms with Crippen LogP contribution in [-0.4, -0.2) is 48.3 Å². The number of nitrogens with zero attached hydrogens (tertiary/aromatic N) is 1. The number of nitrogens with one attached hydrogen (secondary N) is 2. The van der Waals surface area contributed by atoms with Gasteiger partial charge in [-0.15, -0.1) is 0 Å². The molecule has 1 aromatic carbocycles. The van der Waals surface area contributed by atoms with Crippen molar-refractivity contribution in [3.63, 3.8) is 0 Å². The number of amides is 3. The van der Waals surface area contributed by atoms with Crippen molar-refractivity contribution >= 4 is 23.7 Å². The Labute approximate surface area is 171 Å². The maximum atomic E-state index is 12.2. The summed E-state index contributed by atoms with van der Waals surface area (Å²) >= 11 is 6.25. The summed E-state index contributed by atoms with van der Waals surface area (Å²) in [5, 5.41) is 6.54. The summed E-state index contributed by atoms with van der Waals surface area (Å²) in [7, 11) is 0. The van der Waals surface area contributed by atoms with Crippen LogP contribution in [0.1, 0.15) is 52.0 Å². The van der Waals surface area contributed by atoms with Crippen molar-refractivity contribution in [1.82, 2.24) is 15.5 Å². The molecule has 0 unspecified atom stereocenters. The highest BCUT2D eigenvalue weighted by molar-refractivity contribution is 6.30. The normalized spacial score (nSPS) is 25.4. The summed E-state index contributed by atoms with van der Waals surface area (Å²) in [6.07, 6.45) is 3.14. The molecule has 0 atom stereocenters. The second-order valence-corrected chi connectivity index (χ2v) is 9.24. The van der Waals surface area contributed by atoms with Gasteiger partial charge in [0.25, 0.3) is 0 Å². The predicted molar refractivity (Wildman–Crippen MR) is 110 cm³/mol. The molecule has 7 heteroatoms. The first-order valence-electron chi connectivity index (χ1n) is 9.96. The maximum Gasteiger partial charge on any atom is 0.407 e. The van der Waals surface area contributed by atoms with Crippen LogP contribution in [0.3, 0.4) is 0 Å². The fourth-order valence-corrected chi connectivity index (χ4v) is 4.43. The van der Waals surface area contributed by atoms with E-state index in [0.29, 0.717) is 11.6 Å². The Morgan fingerprint density at radius 3 is 2.64 bits per heavy atom. The molecule has 28 heavy (non-hydrogen) atoms. The van der Waals surface area contributed by atoms with Crippen LogP contribution < -0.4 is 10.6 Å². The Hall–Kier alpha value is -1.95. The molecule has 154 valence electrons. The smallest absolute Gasteiger partial charge is 0.407 e. The average Bonchev–Trinajstić information content (AvgIpc) is 3.05. The Balaban J connectivity index is 1.73. The number of alkyl carbamates (subject to hydrolysis) is 1. The molecule has 1 aliphatic carbocycles. The zero-order chi connectivity index (χ0) is 20.4. The zero-order valence-corrected chi connectivity index (χ0v) is 17.6. The first-order chi connectivity index (χ1) is 13.2. The summed E-state index contributed by atoms with van der Waals surface area (Å²) in [5.74, 6) is 0. The van der Waals surface area contributed by atoms with Crippen molar-refractivity contribution in [2.75, 3.05) is 19.6 Å². The monoisotopic (exact) mass is 407 g/mol. The van der Waals surface area contributed by atoms with Gasteiger partial charge in [0.1, 0.15) is 5.60 Å². The van der Waals surface area contributed by atoms with Crippen LogP contribution in [0, 0.1) is 0 Å². The molecule has 6 nitrogen and oxygen atoms in total. The molecule has 2 aliphatic rings. The summed E-state index contributed by atoms with van der Waals surface area (Å²) in [4.78, 5) is 26.2. The van der Waals surface area contributed by atoms with Gasteiger partial charge in [-0.1, -0.05) is 23.7 Å². The van der Waals surface area contributed by atoms with Gasteiger partial charge in [-0.05, 0) is 64.2 Å². The third kappa shape index (κ3) is 4.90. The van der Waals surface area contributed by atoms with Crippen LogP contribution in [0.2, 0.25) is 5.02 Å². The van der Waals surface area contributed by atoms with E-state index in [0.717, 1.165) is 44.3 Å². The topological polar surface area (TPSA) is 70.7 Å². The molecule has 3 amide bonds. The molecular formula is C21H30ClN3O3. The third-order valence-electron chi connectivity index (χ3n) is 5.65. The van der Waals surface area contributed by atoms with Gasteiger partial charge in [-0.2, -0.15) is 0 Å². The van der Waals surface area contributed by atoms with E-state index in [-0.39, 0.29) is 17.5 Å². The van der Waals surface area contributed by atoms with E-state index in [2.05, 4.69) is 16.7 Å². The van der Waals surface area contributed by atoms with E-state index in [1.54, 1.807) is 0 Å². The fourth-order valence-electron chi connectivity index (χ4n) is 4.24. The lowest BCUT2D eigenvalue weighted by molar-refractivity contribution is 0.0502. The lowest BCUT2D eigenvalue weighted by Crippen LogP contribution is -2.48. The number of halogens is 1. The van der Waals surface area contributed by atoms with Gasteiger partial charge in [0, 0.05) is 36.1 Å². The number of hydrogen-bond acceptors (Lipinski definition) is 3. The first-order valence-corrected chi connectivity index (χ1v) is 10.3. The van der Waals surface area contributed by atoms with Gasteiger partial charge in [-0.25, -0.2) is 9.59 Å². The minimum absolute atomic E-state index is 0.0344. The molecule has 1 aromatic rings. The number of hydrogen-bond donors (Lipinski definition) is 2. The van der Waals surface area contributed by atoms with E-state index in [1.807, 2.05) is 43.9 Å². The van der Waals surface area contributed by atoms with Crippen molar-refractivity contribution in [3.05, 3.63) is 34.9 Å². The fraction of sp³-hybridized carbons (Fsp3) is 0.619. The SMILES string of the molecule is CC(C)(C)OC(=O)NC[C@]1(c2cccc(Cl)c2)CC[C@@H](N2CCNC2=O)CC1. The van der Waals surface area contributed by atoms with Crippen LogP contribution in [0.15, 0.2) is 24.3 Å². The molecule has 1 saturated heterocycles. The van der Waals surface area contributed by atoms with Gasteiger partial charge in [0.15, 0.2) is 0 Å². The highest BCUT2D eigenvalue weighted by Gasteiger charge is 2.40. The average molecular weight is 408 g/mol. The second-order valence-electron chi connectivity index (χ2n) is 8.80.